The molecule has 6 heteroatoms. The first kappa shape index (κ1) is 17.0. The molecule has 0 saturated carbocycles. The standard InChI is InChI=1S/C19H20N2O4/c1-24-17-8-7-15(19(23)21-9-11-25-12-10-21)13-16(17)20-18(22)14-5-3-2-4-6-14/h2-8,13H,9-12H2,1H3,(H,20,22). The highest BCUT2D eigenvalue weighted by Crippen LogP contribution is 2.27. The summed E-state index contributed by atoms with van der Waals surface area (Å²) in [7, 11) is 1.52. The first-order valence-electron chi connectivity index (χ1n) is 8.10. The number of nitrogens with zero attached hydrogens (tertiary/aromatic N) is 1. The van der Waals surface area contributed by atoms with Gasteiger partial charge in [0.15, 0.2) is 0 Å². The van der Waals surface area contributed by atoms with Gasteiger partial charge in [0.25, 0.3) is 11.8 Å². The van der Waals surface area contributed by atoms with Crippen molar-refractivity contribution in [2.75, 3.05) is 38.7 Å². The highest BCUT2D eigenvalue weighted by Gasteiger charge is 2.20. The number of nitrogens with one attached hydrogen (secondary N) is 1. The summed E-state index contributed by atoms with van der Waals surface area (Å²) in [5.74, 6) is 0.166. The summed E-state index contributed by atoms with van der Waals surface area (Å²) in [6, 6.07) is 13.9. The number of amides is 2. The molecular formula is C19H20N2O4. The van der Waals surface area contributed by atoms with E-state index in [0.29, 0.717) is 48.9 Å². The topological polar surface area (TPSA) is 67.9 Å². The van der Waals surface area contributed by atoms with Crippen LogP contribution in [0.4, 0.5) is 5.69 Å². The van der Waals surface area contributed by atoms with E-state index >= 15 is 0 Å². The Morgan fingerprint density at radius 1 is 1.04 bits per heavy atom. The number of hydrogen-bond donors (Lipinski definition) is 1. The third-order valence-corrected chi connectivity index (χ3v) is 4.03. The molecule has 2 aromatic carbocycles. The van der Waals surface area contributed by atoms with Crippen molar-refractivity contribution >= 4 is 17.5 Å². The van der Waals surface area contributed by atoms with E-state index in [0.717, 1.165) is 0 Å². The van der Waals surface area contributed by atoms with Crippen LogP contribution in [0.1, 0.15) is 20.7 Å². The molecule has 3 rings (SSSR count). The van der Waals surface area contributed by atoms with Crippen LogP contribution in [0.25, 0.3) is 0 Å². The van der Waals surface area contributed by atoms with Crippen molar-refractivity contribution in [2.45, 2.75) is 0 Å². The maximum Gasteiger partial charge on any atom is 0.255 e. The second kappa shape index (κ2) is 7.81. The predicted molar refractivity (Wildman–Crippen MR) is 94.1 cm³/mol. The van der Waals surface area contributed by atoms with Crippen molar-refractivity contribution in [3.8, 4) is 5.75 Å². The average molecular weight is 340 g/mol. The van der Waals surface area contributed by atoms with Gasteiger partial charge in [-0.3, -0.25) is 9.59 Å². The third-order valence-electron chi connectivity index (χ3n) is 4.03. The molecule has 0 radical (unpaired) electrons. The van der Waals surface area contributed by atoms with Gasteiger partial charge in [0.2, 0.25) is 0 Å². The largest absolute Gasteiger partial charge is 0.495 e. The van der Waals surface area contributed by atoms with E-state index in [4.69, 9.17) is 9.47 Å². The summed E-state index contributed by atoms with van der Waals surface area (Å²) in [4.78, 5) is 26.8. The number of morpholine rings is 1. The fourth-order valence-electron chi connectivity index (χ4n) is 2.67. The van der Waals surface area contributed by atoms with Gasteiger partial charge in [-0.05, 0) is 30.3 Å². The second-order valence-corrected chi connectivity index (χ2v) is 5.64. The van der Waals surface area contributed by atoms with Crippen LogP contribution in [0.2, 0.25) is 0 Å². The Bertz CT molecular complexity index is 755. The molecular weight excluding hydrogens is 320 g/mol. The fourth-order valence-corrected chi connectivity index (χ4v) is 2.67. The Labute approximate surface area is 146 Å². The molecule has 0 unspecified atom stereocenters. The summed E-state index contributed by atoms with van der Waals surface area (Å²) < 4.78 is 10.6. The SMILES string of the molecule is COc1ccc(C(=O)N2CCOCC2)cc1NC(=O)c1ccccc1. The molecule has 1 aliphatic rings. The molecule has 0 aromatic heterocycles. The zero-order chi connectivity index (χ0) is 17.6. The molecule has 0 atom stereocenters. The maximum atomic E-state index is 12.6. The molecule has 1 fully saturated rings. The van der Waals surface area contributed by atoms with E-state index in [9.17, 15) is 9.59 Å². The first-order chi connectivity index (χ1) is 12.2. The van der Waals surface area contributed by atoms with Gasteiger partial charge in [0.05, 0.1) is 26.0 Å². The molecule has 130 valence electrons. The molecule has 6 nitrogen and oxygen atoms in total. The van der Waals surface area contributed by atoms with E-state index < -0.39 is 0 Å². The van der Waals surface area contributed by atoms with Gasteiger partial charge in [-0.1, -0.05) is 18.2 Å². The average Bonchev–Trinajstić information content (AvgIpc) is 2.68. The van der Waals surface area contributed by atoms with Crippen molar-refractivity contribution in [2.24, 2.45) is 0 Å². The minimum Gasteiger partial charge on any atom is -0.495 e. The lowest BCUT2D eigenvalue weighted by atomic mass is 10.1. The molecule has 0 aliphatic carbocycles. The Balaban J connectivity index is 1.82. The van der Waals surface area contributed by atoms with Crippen molar-refractivity contribution in [1.29, 1.82) is 0 Å². The fraction of sp³-hybridized carbons (Fsp3) is 0.263. The van der Waals surface area contributed by atoms with E-state index in [-0.39, 0.29) is 11.8 Å². The van der Waals surface area contributed by atoms with Crippen molar-refractivity contribution in [3.63, 3.8) is 0 Å². The van der Waals surface area contributed by atoms with Crippen molar-refractivity contribution in [3.05, 3.63) is 59.7 Å². The van der Waals surface area contributed by atoms with Gasteiger partial charge in [0.1, 0.15) is 5.75 Å². The zero-order valence-electron chi connectivity index (χ0n) is 14.0. The summed E-state index contributed by atoms with van der Waals surface area (Å²) in [6.45, 7) is 2.21. The zero-order valence-corrected chi connectivity index (χ0v) is 14.0. The van der Waals surface area contributed by atoms with E-state index in [2.05, 4.69) is 5.32 Å². The number of benzene rings is 2. The normalized spacial score (nSPS) is 14.0. The number of methoxy groups -OCH3 is 1. The van der Waals surface area contributed by atoms with Crippen LogP contribution in [-0.2, 0) is 4.74 Å². The number of carbonyl (C=O) groups is 2. The molecule has 0 bridgehead atoms. The summed E-state index contributed by atoms with van der Waals surface area (Å²) in [5, 5.41) is 2.82. The first-order valence-corrected chi connectivity index (χ1v) is 8.10. The summed E-state index contributed by atoms with van der Waals surface area (Å²) in [5.41, 5.74) is 1.51. The molecule has 1 N–H and O–H groups in total. The minimum absolute atomic E-state index is 0.0823. The van der Waals surface area contributed by atoms with E-state index in [1.807, 2.05) is 6.07 Å². The van der Waals surface area contributed by atoms with E-state index in [1.165, 1.54) is 7.11 Å². The van der Waals surface area contributed by atoms with Gasteiger partial charge >= 0.3 is 0 Å². The Kier molecular flexibility index (Phi) is 5.30. The molecule has 1 aliphatic heterocycles. The molecule has 2 amide bonds. The number of ether oxygens (including phenoxy) is 2. The molecule has 25 heavy (non-hydrogen) atoms. The summed E-state index contributed by atoms with van der Waals surface area (Å²) >= 11 is 0. The van der Waals surface area contributed by atoms with Crippen LogP contribution in [0, 0.1) is 0 Å². The van der Waals surface area contributed by atoms with Crippen LogP contribution in [0.3, 0.4) is 0 Å². The van der Waals surface area contributed by atoms with Gasteiger partial charge < -0.3 is 19.7 Å². The molecule has 0 spiro atoms. The van der Waals surface area contributed by atoms with Crippen LogP contribution >= 0.6 is 0 Å². The minimum atomic E-state index is -0.255. The Morgan fingerprint density at radius 2 is 1.76 bits per heavy atom. The van der Waals surface area contributed by atoms with Gasteiger partial charge in [-0.2, -0.15) is 0 Å². The highest BCUT2D eigenvalue weighted by molar-refractivity contribution is 6.06. The van der Waals surface area contributed by atoms with Crippen LogP contribution < -0.4 is 10.1 Å². The highest BCUT2D eigenvalue weighted by atomic mass is 16.5. The quantitative estimate of drug-likeness (QED) is 0.928. The number of hydrogen-bond acceptors (Lipinski definition) is 4. The molecule has 1 saturated heterocycles. The Hall–Kier alpha value is -2.86. The molecule has 1 heterocycles. The van der Waals surface area contributed by atoms with Gasteiger partial charge in [0, 0.05) is 24.2 Å². The van der Waals surface area contributed by atoms with Crippen LogP contribution in [0.5, 0.6) is 5.75 Å². The van der Waals surface area contributed by atoms with Crippen molar-refractivity contribution < 1.29 is 19.1 Å². The van der Waals surface area contributed by atoms with Crippen molar-refractivity contribution in [1.82, 2.24) is 4.90 Å². The predicted octanol–water partition coefficient (Wildman–Crippen LogP) is 2.42. The molecule has 2 aromatic rings. The third kappa shape index (κ3) is 3.97. The smallest absolute Gasteiger partial charge is 0.255 e. The van der Waals surface area contributed by atoms with Crippen LogP contribution in [-0.4, -0.2) is 50.1 Å². The lowest BCUT2D eigenvalue weighted by molar-refractivity contribution is 0.0303. The Morgan fingerprint density at radius 3 is 2.44 bits per heavy atom. The van der Waals surface area contributed by atoms with Crippen LogP contribution in [0.15, 0.2) is 48.5 Å². The maximum absolute atomic E-state index is 12.6. The lowest BCUT2D eigenvalue weighted by Gasteiger charge is -2.27. The van der Waals surface area contributed by atoms with Gasteiger partial charge in [-0.15, -0.1) is 0 Å². The van der Waals surface area contributed by atoms with E-state index in [1.54, 1.807) is 47.4 Å². The van der Waals surface area contributed by atoms with Gasteiger partial charge in [-0.25, -0.2) is 0 Å². The number of rotatable bonds is 4. The lowest BCUT2D eigenvalue weighted by Crippen LogP contribution is -2.40. The summed E-state index contributed by atoms with van der Waals surface area (Å²) in [6.07, 6.45) is 0. The monoisotopic (exact) mass is 340 g/mol. The second-order valence-electron chi connectivity index (χ2n) is 5.64. The number of carbonyl (C=O) groups excluding carboxylic acids is 2. The number of anilines is 1.